The van der Waals surface area contributed by atoms with Gasteiger partial charge in [0.05, 0.1) is 5.69 Å². The summed E-state index contributed by atoms with van der Waals surface area (Å²) in [7, 11) is 0. The molecule has 2 heterocycles. The van der Waals surface area contributed by atoms with E-state index < -0.39 is 42.1 Å². The largest absolute Gasteiger partial charge is 0.457 e. The fourth-order valence-electron chi connectivity index (χ4n) is 2.19. The van der Waals surface area contributed by atoms with Crippen molar-refractivity contribution in [2.75, 3.05) is 4.90 Å². The maximum Gasteiger partial charge on any atom is 0.270 e. The third-order valence-corrected chi connectivity index (χ3v) is 3.41. The van der Waals surface area contributed by atoms with Crippen molar-refractivity contribution in [3.8, 4) is 5.75 Å². The highest BCUT2D eigenvalue weighted by Crippen LogP contribution is 2.24. The molecule has 3 unspecified atom stereocenters. The summed E-state index contributed by atoms with van der Waals surface area (Å²) in [6, 6.07) is 5.51. The predicted molar refractivity (Wildman–Crippen MR) is 75.6 cm³/mol. The summed E-state index contributed by atoms with van der Waals surface area (Å²) in [4.78, 5) is 47.2. The number of rotatable bonds is 3. The molecule has 3 rings (SSSR count). The molecule has 2 amide bonds. The molecule has 0 aromatic heterocycles. The molecule has 2 aliphatic heterocycles. The van der Waals surface area contributed by atoms with E-state index in [1.807, 2.05) is 0 Å². The van der Waals surface area contributed by atoms with Gasteiger partial charge in [0.25, 0.3) is 23.9 Å². The summed E-state index contributed by atoms with van der Waals surface area (Å²) >= 11 is 0. The third-order valence-electron chi connectivity index (χ3n) is 3.41. The minimum absolute atomic E-state index is 0.0977. The second-order valence-corrected chi connectivity index (χ2v) is 4.99. The van der Waals surface area contributed by atoms with E-state index in [9.17, 15) is 29.4 Å². The first-order valence-electron chi connectivity index (χ1n) is 6.81. The van der Waals surface area contributed by atoms with E-state index in [0.717, 1.165) is 17.1 Å². The number of hydrogen-bond donors (Lipinski definition) is 2. The number of imide groups is 1. The van der Waals surface area contributed by atoms with Gasteiger partial charge in [-0.2, -0.15) is 0 Å². The summed E-state index contributed by atoms with van der Waals surface area (Å²) < 4.78 is 9.89. The number of hydrogen-bond acceptors (Lipinski definition) is 8. The Morgan fingerprint density at radius 2 is 1.50 bits per heavy atom. The lowest BCUT2D eigenvalue weighted by atomic mass is 10.1. The van der Waals surface area contributed by atoms with Crippen LogP contribution in [0, 0.1) is 0 Å². The first-order valence-corrected chi connectivity index (χ1v) is 6.81. The number of carbonyl (C=O) groups excluding carboxylic acids is 4. The first-order chi connectivity index (χ1) is 11.4. The normalized spacial score (nSPS) is 27.1. The highest BCUT2D eigenvalue weighted by Gasteiger charge is 2.44. The Balaban J connectivity index is 1.73. The van der Waals surface area contributed by atoms with Gasteiger partial charge in [0.15, 0.2) is 12.4 Å². The quantitative estimate of drug-likeness (QED) is 0.514. The van der Waals surface area contributed by atoms with E-state index in [1.165, 1.54) is 24.3 Å². The van der Waals surface area contributed by atoms with E-state index >= 15 is 0 Å². The van der Waals surface area contributed by atoms with Crippen LogP contribution in [0.5, 0.6) is 5.75 Å². The van der Waals surface area contributed by atoms with Gasteiger partial charge in [0.1, 0.15) is 5.75 Å². The maximum absolute atomic E-state index is 11.7. The molecule has 2 N–H and O–H groups in total. The Hall–Kier alpha value is -2.88. The van der Waals surface area contributed by atoms with Crippen molar-refractivity contribution in [1.29, 1.82) is 0 Å². The first kappa shape index (κ1) is 16.0. The standard InChI is InChI=1S/C15H11NO8/c17-9-5-6-10(18)16(9)7-1-3-8(4-2-7)23-15-13(21)11(19)12(20)14(22)24-15/h1-6,12,14-15,20,22H. The zero-order valence-corrected chi connectivity index (χ0v) is 12.0. The molecule has 1 aromatic carbocycles. The summed E-state index contributed by atoms with van der Waals surface area (Å²) in [5.41, 5.74) is 0.296. The van der Waals surface area contributed by atoms with Gasteiger partial charge in [-0.1, -0.05) is 0 Å². The van der Waals surface area contributed by atoms with Crippen LogP contribution in [-0.2, 0) is 23.9 Å². The van der Waals surface area contributed by atoms with Crippen LogP contribution in [-0.4, -0.2) is 52.3 Å². The summed E-state index contributed by atoms with van der Waals surface area (Å²) in [5, 5.41) is 18.6. The van der Waals surface area contributed by atoms with Crippen molar-refractivity contribution in [2.45, 2.75) is 18.7 Å². The Morgan fingerprint density at radius 3 is 2.08 bits per heavy atom. The average molecular weight is 333 g/mol. The molecule has 3 atom stereocenters. The second-order valence-electron chi connectivity index (χ2n) is 4.99. The highest BCUT2D eigenvalue weighted by molar-refractivity contribution is 6.40. The van der Waals surface area contributed by atoms with Gasteiger partial charge in [-0.3, -0.25) is 19.2 Å². The molecule has 124 valence electrons. The molecule has 0 bridgehead atoms. The molecule has 0 aliphatic carbocycles. The number of aliphatic hydroxyl groups excluding tert-OH is 2. The van der Waals surface area contributed by atoms with Crippen molar-refractivity contribution in [3.05, 3.63) is 36.4 Å². The summed E-state index contributed by atoms with van der Waals surface area (Å²) in [6.45, 7) is 0. The van der Waals surface area contributed by atoms with E-state index in [-0.39, 0.29) is 5.75 Å². The maximum atomic E-state index is 11.7. The molecule has 9 heteroatoms. The highest BCUT2D eigenvalue weighted by atomic mass is 16.7. The number of anilines is 1. The smallest absolute Gasteiger partial charge is 0.270 e. The Bertz CT molecular complexity index is 735. The van der Waals surface area contributed by atoms with Crippen molar-refractivity contribution in [2.24, 2.45) is 0 Å². The number of aliphatic hydroxyl groups is 2. The molecular formula is C15H11NO8. The lowest BCUT2D eigenvalue weighted by molar-refractivity contribution is -0.239. The number of ether oxygens (including phenoxy) is 2. The van der Waals surface area contributed by atoms with Crippen LogP contribution < -0.4 is 9.64 Å². The molecule has 0 saturated carbocycles. The Labute approximate surface area is 134 Å². The zero-order chi connectivity index (χ0) is 17.4. The van der Waals surface area contributed by atoms with Gasteiger partial charge >= 0.3 is 0 Å². The Kier molecular flexibility index (Phi) is 3.97. The lowest BCUT2D eigenvalue weighted by Gasteiger charge is -2.28. The van der Waals surface area contributed by atoms with E-state index in [1.54, 1.807) is 0 Å². The van der Waals surface area contributed by atoms with Crippen molar-refractivity contribution in [3.63, 3.8) is 0 Å². The van der Waals surface area contributed by atoms with Crippen LogP contribution in [0.15, 0.2) is 36.4 Å². The van der Waals surface area contributed by atoms with E-state index in [0.29, 0.717) is 5.69 Å². The molecule has 0 spiro atoms. The summed E-state index contributed by atoms with van der Waals surface area (Å²) in [5.74, 6) is -3.22. The van der Waals surface area contributed by atoms with E-state index in [2.05, 4.69) is 0 Å². The number of benzene rings is 1. The van der Waals surface area contributed by atoms with Crippen molar-refractivity contribution >= 4 is 29.1 Å². The van der Waals surface area contributed by atoms with Crippen LogP contribution in [0.4, 0.5) is 5.69 Å². The van der Waals surface area contributed by atoms with Gasteiger partial charge in [-0.05, 0) is 24.3 Å². The molecule has 24 heavy (non-hydrogen) atoms. The number of carbonyl (C=O) groups is 4. The van der Waals surface area contributed by atoms with Crippen LogP contribution in [0.1, 0.15) is 0 Å². The monoisotopic (exact) mass is 333 g/mol. The van der Waals surface area contributed by atoms with Crippen LogP contribution >= 0.6 is 0 Å². The van der Waals surface area contributed by atoms with Crippen LogP contribution in [0.3, 0.4) is 0 Å². The molecule has 0 radical (unpaired) electrons. The molecule has 1 fully saturated rings. The molecule has 1 saturated heterocycles. The minimum atomic E-state index is -1.94. The van der Waals surface area contributed by atoms with E-state index in [4.69, 9.17) is 9.47 Å². The Morgan fingerprint density at radius 1 is 0.917 bits per heavy atom. The minimum Gasteiger partial charge on any atom is -0.457 e. The topological polar surface area (TPSA) is 130 Å². The lowest BCUT2D eigenvalue weighted by Crippen LogP contribution is -2.54. The van der Waals surface area contributed by atoms with Crippen LogP contribution in [0.2, 0.25) is 0 Å². The third kappa shape index (κ3) is 2.71. The number of ketones is 2. The predicted octanol–water partition coefficient (Wildman–Crippen LogP) is -1.33. The number of Topliss-reactive ketones (excluding diaryl/α,β-unsaturated/α-hetero) is 2. The average Bonchev–Trinajstić information content (AvgIpc) is 2.90. The van der Waals surface area contributed by atoms with Gasteiger partial charge < -0.3 is 19.7 Å². The zero-order valence-electron chi connectivity index (χ0n) is 12.0. The SMILES string of the molecule is O=C1C(=O)C(O)C(O)OC1Oc1ccc(N2C(=O)C=CC2=O)cc1. The van der Waals surface area contributed by atoms with Gasteiger partial charge in [0, 0.05) is 12.2 Å². The van der Waals surface area contributed by atoms with Gasteiger partial charge in [0.2, 0.25) is 5.78 Å². The van der Waals surface area contributed by atoms with Crippen molar-refractivity contribution in [1.82, 2.24) is 0 Å². The van der Waals surface area contributed by atoms with Gasteiger partial charge in [-0.25, -0.2) is 4.90 Å². The van der Waals surface area contributed by atoms with Crippen LogP contribution in [0.25, 0.3) is 0 Å². The number of nitrogens with zero attached hydrogens (tertiary/aromatic N) is 1. The molecule has 1 aromatic rings. The fourth-order valence-corrected chi connectivity index (χ4v) is 2.19. The summed E-state index contributed by atoms with van der Waals surface area (Å²) in [6.07, 6.45) is -3.23. The molecule has 2 aliphatic rings. The molecule has 9 nitrogen and oxygen atoms in total. The van der Waals surface area contributed by atoms with Crippen molar-refractivity contribution < 1.29 is 38.9 Å². The molecular weight excluding hydrogens is 322 g/mol. The van der Waals surface area contributed by atoms with Gasteiger partial charge in [-0.15, -0.1) is 0 Å². The second kappa shape index (κ2) is 5.96. The number of amides is 2. The fraction of sp³-hybridized carbons (Fsp3) is 0.200.